The Hall–Kier alpha value is -3.79. The predicted molar refractivity (Wildman–Crippen MR) is 127 cm³/mol. The van der Waals surface area contributed by atoms with Gasteiger partial charge in [-0.1, -0.05) is 35.5 Å². The van der Waals surface area contributed by atoms with E-state index in [1.165, 1.54) is 0 Å². The summed E-state index contributed by atoms with van der Waals surface area (Å²) >= 11 is 0. The highest BCUT2D eigenvalue weighted by Crippen LogP contribution is 2.36. The van der Waals surface area contributed by atoms with Gasteiger partial charge in [-0.05, 0) is 11.6 Å². The second kappa shape index (κ2) is 8.77. The number of ether oxygens (including phenoxy) is 1. The van der Waals surface area contributed by atoms with E-state index in [1.807, 2.05) is 30.3 Å². The van der Waals surface area contributed by atoms with Gasteiger partial charge in [-0.2, -0.15) is 5.10 Å². The number of aromatic amines is 1. The number of nitrogens with one attached hydrogen (secondary N) is 1. The van der Waals surface area contributed by atoms with Gasteiger partial charge in [0.1, 0.15) is 23.1 Å². The molecule has 0 bridgehead atoms. The lowest BCUT2D eigenvalue weighted by atomic mass is 9.86. The van der Waals surface area contributed by atoms with Crippen LogP contribution in [0.2, 0.25) is 0 Å². The van der Waals surface area contributed by atoms with Gasteiger partial charge in [0.2, 0.25) is 0 Å². The van der Waals surface area contributed by atoms with E-state index in [0.717, 1.165) is 16.5 Å². The van der Waals surface area contributed by atoms with Crippen molar-refractivity contribution >= 4 is 28.4 Å². The molecule has 1 aromatic carbocycles. The Bertz CT molecular complexity index is 1280. The van der Waals surface area contributed by atoms with Crippen molar-refractivity contribution in [1.82, 2.24) is 25.0 Å². The molecule has 0 radical (unpaired) electrons. The maximum Gasteiger partial charge on any atom is 0.272 e. The van der Waals surface area contributed by atoms with Crippen molar-refractivity contribution in [2.24, 2.45) is 5.16 Å². The van der Waals surface area contributed by atoms with Crippen molar-refractivity contribution in [2.75, 3.05) is 32.8 Å². The molecule has 0 saturated carbocycles. The van der Waals surface area contributed by atoms with Gasteiger partial charge >= 0.3 is 0 Å². The summed E-state index contributed by atoms with van der Waals surface area (Å²) < 4.78 is 5.89. The molecule has 2 saturated heterocycles. The summed E-state index contributed by atoms with van der Waals surface area (Å²) in [5, 5.41) is 11.9. The van der Waals surface area contributed by atoms with Crippen LogP contribution in [-0.2, 0) is 14.4 Å². The minimum atomic E-state index is -0.533. The zero-order valence-electron chi connectivity index (χ0n) is 19.2. The van der Waals surface area contributed by atoms with Crippen LogP contribution < -0.4 is 0 Å². The number of H-pyrrole nitrogens is 1. The highest BCUT2D eigenvalue weighted by Gasteiger charge is 2.45. The van der Waals surface area contributed by atoms with E-state index in [9.17, 15) is 9.59 Å². The van der Waals surface area contributed by atoms with Crippen LogP contribution in [0.3, 0.4) is 0 Å². The summed E-state index contributed by atoms with van der Waals surface area (Å²) in [4.78, 5) is 39.9. The van der Waals surface area contributed by atoms with E-state index in [0.29, 0.717) is 63.5 Å². The molecule has 10 nitrogen and oxygen atoms in total. The zero-order chi connectivity index (χ0) is 23.8. The minimum absolute atomic E-state index is 0.0952. The lowest BCUT2D eigenvalue weighted by Gasteiger charge is -2.37. The topological polar surface area (TPSA) is 113 Å². The van der Waals surface area contributed by atoms with Crippen molar-refractivity contribution in [3.63, 3.8) is 0 Å². The van der Waals surface area contributed by atoms with E-state index in [1.54, 1.807) is 28.3 Å². The summed E-state index contributed by atoms with van der Waals surface area (Å²) in [6.07, 6.45) is 4.85. The Kier molecular flexibility index (Phi) is 5.44. The third kappa shape index (κ3) is 4.14. The molecular formula is C25H26N6O4. The summed E-state index contributed by atoms with van der Waals surface area (Å²) in [7, 11) is 0. The summed E-state index contributed by atoms with van der Waals surface area (Å²) in [6.45, 7) is 2.55. The maximum absolute atomic E-state index is 13.2. The molecule has 0 aliphatic carbocycles. The number of fused-ring (bicyclic) bond motifs is 1. The molecular weight excluding hydrogens is 448 g/mol. The Balaban J connectivity index is 1.06. The number of hydrogen-bond acceptors (Lipinski definition) is 7. The highest BCUT2D eigenvalue weighted by molar-refractivity contribution is 6.39. The van der Waals surface area contributed by atoms with E-state index in [4.69, 9.17) is 9.57 Å². The Labute approximate surface area is 201 Å². The number of hydrogen-bond donors (Lipinski definition) is 1. The SMILES string of the molecule is O=C(C1=NOC2(CCN(C(=O)c3cc4cn[nH]c4cn3)CC2)C1)N1CCOC(c2ccccc2)C1. The number of benzene rings is 1. The average molecular weight is 475 g/mol. The second-order valence-corrected chi connectivity index (χ2v) is 9.33. The molecule has 2 amide bonds. The van der Waals surface area contributed by atoms with Crippen LogP contribution >= 0.6 is 0 Å². The standard InChI is InChI=1S/C25H26N6O4/c32-23(19-12-18-14-27-28-21(18)15-26-19)30-8-6-25(7-9-30)13-20(29-35-25)24(33)31-10-11-34-22(16-31)17-4-2-1-3-5-17/h1-5,12,14-15,22H,6-11,13,16H2,(H,27,28). The van der Waals surface area contributed by atoms with Gasteiger partial charge in [-0.3, -0.25) is 14.7 Å². The van der Waals surface area contributed by atoms with Crippen molar-refractivity contribution in [3.05, 3.63) is 60.0 Å². The van der Waals surface area contributed by atoms with Crippen LogP contribution in [0.15, 0.2) is 53.9 Å². The first-order valence-corrected chi connectivity index (χ1v) is 11.9. The van der Waals surface area contributed by atoms with Gasteiger partial charge in [0.25, 0.3) is 11.8 Å². The molecule has 1 atom stereocenters. The molecule has 6 rings (SSSR count). The quantitative estimate of drug-likeness (QED) is 0.623. The number of pyridine rings is 1. The molecule has 2 fully saturated rings. The molecule has 1 spiro atoms. The smallest absolute Gasteiger partial charge is 0.272 e. The molecule has 3 aliphatic rings. The average Bonchev–Trinajstić information content (AvgIpc) is 3.56. The lowest BCUT2D eigenvalue weighted by Crippen LogP contribution is -2.48. The number of carbonyl (C=O) groups is 2. The van der Waals surface area contributed by atoms with Crippen molar-refractivity contribution in [2.45, 2.75) is 31.0 Å². The molecule has 1 N–H and O–H groups in total. The van der Waals surface area contributed by atoms with Crippen LogP contribution in [-0.4, -0.2) is 80.9 Å². The first-order valence-electron chi connectivity index (χ1n) is 11.9. The summed E-state index contributed by atoms with van der Waals surface area (Å²) in [5.41, 5.74) is 2.17. The lowest BCUT2D eigenvalue weighted by molar-refractivity contribution is -0.131. The monoisotopic (exact) mass is 474 g/mol. The third-order valence-corrected chi connectivity index (χ3v) is 7.12. The number of oxime groups is 1. The maximum atomic E-state index is 13.2. The van der Waals surface area contributed by atoms with Gasteiger partial charge in [0.05, 0.1) is 31.1 Å². The molecule has 5 heterocycles. The van der Waals surface area contributed by atoms with E-state index >= 15 is 0 Å². The first kappa shape index (κ1) is 21.7. The van der Waals surface area contributed by atoms with Crippen molar-refractivity contribution in [1.29, 1.82) is 0 Å². The fourth-order valence-electron chi connectivity index (χ4n) is 5.03. The van der Waals surface area contributed by atoms with Crippen molar-refractivity contribution in [3.8, 4) is 0 Å². The second-order valence-electron chi connectivity index (χ2n) is 9.33. The van der Waals surface area contributed by atoms with Crippen LogP contribution in [0.5, 0.6) is 0 Å². The van der Waals surface area contributed by atoms with Crippen LogP contribution in [0.25, 0.3) is 10.9 Å². The van der Waals surface area contributed by atoms with Gasteiger partial charge in [-0.25, -0.2) is 4.98 Å². The van der Waals surface area contributed by atoms with Gasteiger partial charge < -0.3 is 19.4 Å². The molecule has 35 heavy (non-hydrogen) atoms. The third-order valence-electron chi connectivity index (χ3n) is 7.12. The Morgan fingerprint density at radius 3 is 2.69 bits per heavy atom. The zero-order valence-corrected chi connectivity index (χ0v) is 19.2. The van der Waals surface area contributed by atoms with E-state index < -0.39 is 5.60 Å². The van der Waals surface area contributed by atoms with Crippen molar-refractivity contribution < 1.29 is 19.2 Å². The first-order chi connectivity index (χ1) is 17.1. The van der Waals surface area contributed by atoms with E-state index in [-0.39, 0.29) is 17.9 Å². The van der Waals surface area contributed by atoms with Gasteiger partial charge in [-0.15, -0.1) is 0 Å². The number of carbonyl (C=O) groups excluding carboxylic acids is 2. The Morgan fingerprint density at radius 2 is 1.86 bits per heavy atom. The Morgan fingerprint density at radius 1 is 1.03 bits per heavy atom. The summed E-state index contributed by atoms with van der Waals surface area (Å²) in [5.74, 6) is -0.208. The van der Waals surface area contributed by atoms with Gasteiger partial charge in [0, 0.05) is 44.3 Å². The predicted octanol–water partition coefficient (Wildman–Crippen LogP) is 2.31. The normalized spacial score (nSPS) is 21.7. The number of rotatable bonds is 3. The molecule has 3 aromatic rings. The van der Waals surface area contributed by atoms with Crippen LogP contribution in [0.4, 0.5) is 0 Å². The molecule has 3 aliphatic heterocycles. The van der Waals surface area contributed by atoms with E-state index in [2.05, 4.69) is 20.3 Å². The number of aromatic nitrogens is 3. The minimum Gasteiger partial charge on any atom is -0.388 e. The molecule has 180 valence electrons. The molecule has 2 aromatic heterocycles. The number of likely N-dealkylation sites (tertiary alicyclic amines) is 1. The molecule has 10 heteroatoms. The van der Waals surface area contributed by atoms with Gasteiger partial charge in [0.15, 0.2) is 0 Å². The summed E-state index contributed by atoms with van der Waals surface area (Å²) in [6, 6.07) is 11.7. The largest absolute Gasteiger partial charge is 0.388 e. The fraction of sp³-hybridized carbons (Fsp3) is 0.400. The number of piperidine rings is 1. The number of nitrogens with zero attached hydrogens (tertiary/aromatic N) is 5. The fourth-order valence-corrected chi connectivity index (χ4v) is 5.03. The van der Waals surface area contributed by atoms with Crippen LogP contribution in [0.1, 0.15) is 41.4 Å². The molecule has 1 unspecified atom stereocenters. The number of morpholine rings is 1. The number of amides is 2. The highest BCUT2D eigenvalue weighted by atomic mass is 16.7. The van der Waals surface area contributed by atoms with Crippen LogP contribution in [0, 0.1) is 0 Å².